The van der Waals surface area contributed by atoms with Gasteiger partial charge >= 0.3 is 0 Å². The van der Waals surface area contributed by atoms with Gasteiger partial charge in [-0.2, -0.15) is 0 Å². The number of rotatable bonds is 2. The molecule has 0 aliphatic carbocycles. The number of nitrogens with two attached hydrogens (primary N) is 1. The van der Waals surface area contributed by atoms with E-state index in [2.05, 4.69) is 25.8 Å². The third kappa shape index (κ3) is 2.53. The van der Waals surface area contributed by atoms with E-state index in [1.165, 1.54) is 0 Å². The zero-order valence-electron chi connectivity index (χ0n) is 8.99. The van der Waals surface area contributed by atoms with E-state index in [4.69, 9.17) is 10.8 Å². The lowest BCUT2D eigenvalue weighted by molar-refractivity contribution is 0.276. The van der Waals surface area contributed by atoms with Crippen LogP contribution in [0, 0.1) is 5.41 Å². The number of pyridine rings is 1. The first-order valence-corrected chi connectivity index (χ1v) is 4.76. The fraction of sp³-hybridized carbons (Fsp3) is 0.545. The maximum atomic E-state index is 8.83. The van der Waals surface area contributed by atoms with Gasteiger partial charge in [0.1, 0.15) is 0 Å². The highest BCUT2D eigenvalue weighted by molar-refractivity contribution is 5.18. The lowest BCUT2D eigenvalue weighted by atomic mass is 9.84. The predicted octanol–water partition coefficient (Wildman–Crippen LogP) is 1.62. The SMILES string of the molecule is CC(C)(C)[C@@H](N)c1ccc(CO)nc1. The minimum Gasteiger partial charge on any atom is -0.390 e. The molecule has 1 aromatic rings. The standard InChI is InChI=1S/C11H18N2O/c1-11(2,3)10(12)8-4-5-9(7-14)13-6-8/h4-6,10,14H,7,12H2,1-3H3/t10-/m0/s1. The Kier molecular flexibility index (Phi) is 3.24. The Hall–Kier alpha value is -0.930. The van der Waals surface area contributed by atoms with E-state index in [1.54, 1.807) is 12.3 Å². The van der Waals surface area contributed by atoms with Gasteiger partial charge in [0, 0.05) is 12.2 Å². The Labute approximate surface area is 85.0 Å². The van der Waals surface area contributed by atoms with Crippen molar-refractivity contribution in [3.63, 3.8) is 0 Å². The first kappa shape index (κ1) is 11.1. The van der Waals surface area contributed by atoms with Gasteiger partial charge in [-0.3, -0.25) is 4.98 Å². The molecule has 3 nitrogen and oxygen atoms in total. The van der Waals surface area contributed by atoms with E-state index in [1.807, 2.05) is 6.07 Å². The lowest BCUT2D eigenvalue weighted by Crippen LogP contribution is -2.26. The van der Waals surface area contributed by atoms with Crippen LogP contribution < -0.4 is 5.73 Å². The van der Waals surface area contributed by atoms with Crippen LogP contribution in [0.2, 0.25) is 0 Å². The van der Waals surface area contributed by atoms with Crippen molar-refractivity contribution in [2.75, 3.05) is 0 Å². The molecule has 0 saturated heterocycles. The highest BCUT2D eigenvalue weighted by atomic mass is 16.3. The van der Waals surface area contributed by atoms with Gasteiger partial charge in [0.15, 0.2) is 0 Å². The average molecular weight is 194 g/mol. The summed E-state index contributed by atoms with van der Waals surface area (Å²) < 4.78 is 0. The maximum Gasteiger partial charge on any atom is 0.0852 e. The quantitative estimate of drug-likeness (QED) is 0.752. The van der Waals surface area contributed by atoms with Crippen LogP contribution in [0.15, 0.2) is 18.3 Å². The first-order chi connectivity index (χ1) is 6.45. The number of nitrogens with zero attached hydrogens (tertiary/aromatic N) is 1. The molecule has 0 aliphatic rings. The summed E-state index contributed by atoms with van der Waals surface area (Å²) in [5.74, 6) is 0. The van der Waals surface area contributed by atoms with Crippen LogP contribution in [0.5, 0.6) is 0 Å². The number of aliphatic hydroxyl groups excluding tert-OH is 1. The van der Waals surface area contributed by atoms with Gasteiger partial charge in [-0.05, 0) is 17.0 Å². The maximum absolute atomic E-state index is 8.83. The summed E-state index contributed by atoms with van der Waals surface area (Å²) in [6.07, 6.45) is 1.74. The van der Waals surface area contributed by atoms with E-state index < -0.39 is 0 Å². The molecule has 78 valence electrons. The number of hydrogen-bond donors (Lipinski definition) is 2. The molecule has 0 unspecified atom stereocenters. The molecule has 0 aliphatic heterocycles. The molecule has 0 amide bonds. The van der Waals surface area contributed by atoms with Crippen LogP contribution in [0.4, 0.5) is 0 Å². The van der Waals surface area contributed by atoms with Gasteiger partial charge < -0.3 is 10.8 Å². The Morgan fingerprint density at radius 1 is 1.43 bits per heavy atom. The Balaban J connectivity index is 2.87. The number of aliphatic hydroxyl groups is 1. The molecule has 1 rings (SSSR count). The second kappa shape index (κ2) is 4.07. The van der Waals surface area contributed by atoms with Crippen molar-refractivity contribution in [3.05, 3.63) is 29.6 Å². The minimum absolute atomic E-state index is 0.0228. The summed E-state index contributed by atoms with van der Waals surface area (Å²) in [5, 5.41) is 8.83. The topological polar surface area (TPSA) is 59.1 Å². The van der Waals surface area contributed by atoms with E-state index in [9.17, 15) is 0 Å². The smallest absolute Gasteiger partial charge is 0.0852 e. The van der Waals surface area contributed by atoms with Crippen LogP contribution in [0.3, 0.4) is 0 Å². The van der Waals surface area contributed by atoms with E-state index in [0.717, 1.165) is 5.56 Å². The molecule has 0 fully saturated rings. The third-order valence-corrected chi connectivity index (χ3v) is 2.30. The summed E-state index contributed by atoms with van der Waals surface area (Å²) in [4.78, 5) is 4.10. The van der Waals surface area contributed by atoms with Crippen molar-refractivity contribution in [1.82, 2.24) is 4.98 Å². The van der Waals surface area contributed by atoms with Gasteiger partial charge in [-0.25, -0.2) is 0 Å². The second-order valence-corrected chi connectivity index (χ2v) is 4.58. The summed E-state index contributed by atoms with van der Waals surface area (Å²) in [6.45, 7) is 6.26. The fourth-order valence-corrected chi connectivity index (χ4v) is 1.21. The molecule has 0 radical (unpaired) electrons. The number of aromatic nitrogens is 1. The fourth-order valence-electron chi connectivity index (χ4n) is 1.21. The monoisotopic (exact) mass is 194 g/mol. The molecule has 1 heterocycles. The van der Waals surface area contributed by atoms with E-state index in [0.29, 0.717) is 5.69 Å². The van der Waals surface area contributed by atoms with Gasteiger partial charge in [0.25, 0.3) is 0 Å². The Morgan fingerprint density at radius 2 is 2.07 bits per heavy atom. The van der Waals surface area contributed by atoms with Gasteiger partial charge in [0.05, 0.1) is 12.3 Å². The Morgan fingerprint density at radius 3 is 2.43 bits per heavy atom. The van der Waals surface area contributed by atoms with Crippen LogP contribution >= 0.6 is 0 Å². The summed E-state index contributed by atoms with van der Waals surface area (Å²) in [5.41, 5.74) is 7.78. The van der Waals surface area contributed by atoms with Crippen LogP contribution in [-0.2, 0) is 6.61 Å². The highest BCUT2D eigenvalue weighted by Crippen LogP contribution is 2.29. The molecule has 0 aromatic carbocycles. The molecular formula is C11H18N2O. The van der Waals surface area contributed by atoms with E-state index in [-0.39, 0.29) is 18.1 Å². The molecule has 3 N–H and O–H groups in total. The predicted molar refractivity (Wildman–Crippen MR) is 56.5 cm³/mol. The van der Waals surface area contributed by atoms with Gasteiger partial charge in [-0.15, -0.1) is 0 Å². The van der Waals surface area contributed by atoms with Gasteiger partial charge in [0.2, 0.25) is 0 Å². The normalized spacial score (nSPS) is 14.1. The van der Waals surface area contributed by atoms with Crippen LogP contribution in [0.25, 0.3) is 0 Å². The molecule has 1 aromatic heterocycles. The van der Waals surface area contributed by atoms with Crippen molar-refractivity contribution in [1.29, 1.82) is 0 Å². The zero-order chi connectivity index (χ0) is 10.8. The van der Waals surface area contributed by atoms with Crippen molar-refractivity contribution in [2.24, 2.45) is 11.1 Å². The van der Waals surface area contributed by atoms with Crippen molar-refractivity contribution in [3.8, 4) is 0 Å². The van der Waals surface area contributed by atoms with E-state index >= 15 is 0 Å². The summed E-state index contributed by atoms with van der Waals surface area (Å²) in [6, 6.07) is 3.71. The van der Waals surface area contributed by atoms with Crippen molar-refractivity contribution < 1.29 is 5.11 Å². The van der Waals surface area contributed by atoms with Crippen molar-refractivity contribution >= 4 is 0 Å². The zero-order valence-corrected chi connectivity index (χ0v) is 8.99. The minimum atomic E-state index is -0.0252. The first-order valence-electron chi connectivity index (χ1n) is 4.76. The largest absolute Gasteiger partial charge is 0.390 e. The molecular weight excluding hydrogens is 176 g/mol. The van der Waals surface area contributed by atoms with Crippen LogP contribution in [0.1, 0.15) is 38.1 Å². The summed E-state index contributed by atoms with van der Waals surface area (Å²) >= 11 is 0. The highest BCUT2D eigenvalue weighted by Gasteiger charge is 2.22. The van der Waals surface area contributed by atoms with Gasteiger partial charge in [-0.1, -0.05) is 26.8 Å². The average Bonchev–Trinajstić information content (AvgIpc) is 2.15. The lowest BCUT2D eigenvalue weighted by Gasteiger charge is -2.27. The molecule has 1 atom stereocenters. The second-order valence-electron chi connectivity index (χ2n) is 4.58. The van der Waals surface area contributed by atoms with Crippen LogP contribution in [-0.4, -0.2) is 10.1 Å². The third-order valence-electron chi connectivity index (χ3n) is 2.30. The Bertz CT molecular complexity index is 287. The molecule has 0 bridgehead atoms. The molecule has 0 spiro atoms. The molecule has 0 saturated carbocycles. The van der Waals surface area contributed by atoms with Crippen molar-refractivity contribution in [2.45, 2.75) is 33.4 Å². The molecule has 3 heteroatoms. The number of hydrogen-bond acceptors (Lipinski definition) is 3. The molecule has 14 heavy (non-hydrogen) atoms. The summed E-state index contributed by atoms with van der Waals surface area (Å²) in [7, 11) is 0.